The first-order valence-corrected chi connectivity index (χ1v) is 6.05. The van der Waals surface area contributed by atoms with E-state index >= 15 is 0 Å². The van der Waals surface area contributed by atoms with Crippen LogP contribution in [-0.2, 0) is 17.9 Å². The first-order chi connectivity index (χ1) is 8.19. The predicted octanol–water partition coefficient (Wildman–Crippen LogP) is 0.289. The van der Waals surface area contributed by atoms with Crippen LogP contribution in [0.3, 0.4) is 0 Å². The molecule has 0 fully saturated rings. The second-order valence-electron chi connectivity index (χ2n) is 4.10. The number of nitrogens with two attached hydrogens (primary N) is 1. The second kappa shape index (κ2) is 7.01. The Kier molecular flexibility index (Phi) is 5.62. The summed E-state index contributed by atoms with van der Waals surface area (Å²) < 4.78 is 1.50. The van der Waals surface area contributed by atoms with Crippen LogP contribution in [0.25, 0.3) is 0 Å². The summed E-state index contributed by atoms with van der Waals surface area (Å²) >= 11 is 0. The molecule has 6 heteroatoms. The van der Waals surface area contributed by atoms with Gasteiger partial charge in [0.1, 0.15) is 6.54 Å². The summed E-state index contributed by atoms with van der Waals surface area (Å²) in [5.41, 5.74) is 6.10. The van der Waals surface area contributed by atoms with E-state index in [-0.39, 0.29) is 12.5 Å². The number of nitrogens with one attached hydrogen (secondary N) is 1. The first kappa shape index (κ1) is 13.6. The molecule has 0 saturated heterocycles. The zero-order valence-electron chi connectivity index (χ0n) is 10.5. The van der Waals surface area contributed by atoms with Gasteiger partial charge in [-0.2, -0.15) is 0 Å². The Labute approximate surface area is 102 Å². The molecule has 1 aromatic heterocycles. The van der Waals surface area contributed by atoms with Crippen molar-refractivity contribution < 1.29 is 4.79 Å². The first-order valence-electron chi connectivity index (χ1n) is 6.05. The maximum absolute atomic E-state index is 11.6. The van der Waals surface area contributed by atoms with E-state index in [1.54, 1.807) is 6.20 Å². The second-order valence-corrected chi connectivity index (χ2v) is 4.10. The Hall–Kier alpha value is -1.43. The van der Waals surface area contributed by atoms with Gasteiger partial charge in [0.05, 0.1) is 11.9 Å². The lowest BCUT2D eigenvalue weighted by Crippen LogP contribution is -2.32. The van der Waals surface area contributed by atoms with Crippen molar-refractivity contribution in [1.82, 2.24) is 20.3 Å². The van der Waals surface area contributed by atoms with Crippen molar-refractivity contribution in [3.63, 3.8) is 0 Å². The lowest BCUT2D eigenvalue weighted by Gasteiger charge is -2.12. The highest BCUT2D eigenvalue weighted by Gasteiger charge is 2.08. The van der Waals surface area contributed by atoms with E-state index in [4.69, 9.17) is 5.73 Å². The quantitative estimate of drug-likeness (QED) is 0.716. The number of amides is 1. The van der Waals surface area contributed by atoms with Crippen LogP contribution in [0.2, 0.25) is 0 Å². The van der Waals surface area contributed by atoms with E-state index in [0.29, 0.717) is 18.2 Å². The molecule has 6 nitrogen and oxygen atoms in total. The summed E-state index contributed by atoms with van der Waals surface area (Å²) in [5.74, 6) is 0.514. The molecule has 3 N–H and O–H groups in total. The summed E-state index contributed by atoms with van der Waals surface area (Å²) in [4.78, 5) is 11.6. The summed E-state index contributed by atoms with van der Waals surface area (Å²) in [6, 6.07) is 0. The Bertz CT molecular complexity index is 345. The van der Waals surface area contributed by atoms with Crippen molar-refractivity contribution in [3.05, 3.63) is 11.9 Å². The molecule has 1 heterocycles. The van der Waals surface area contributed by atoms with E-state index in [1.807, 2.05) is 0 Å². The third kappa shape index (κ3) is 4.52. The van der Waals surface area contributed by atoms with Gasteiger partial charge >= 0.3 is 0 Å². The van der Waals surface area contributed by atoms with Gasteiger partial charge < -0.3 is 11.1 Å². The third-order valence-electron chi connectivity index (χ3n) is 2.84. The highest BCUT2D eigenvalue weighted by molar-refractivity contribution is 5.75. The minimum atomic E-state index is -0.0367. The smallest absolute Gasteiger partial charge is 0.241 e. The van der Waals surface area contributed by atoms with Crippen molar-refractivity contribution in [2.45, 2.75) is 39.8 Å². The van der Waals surface area contributed by atoms with Gasteiger partial charge in [-0.25, -0.2) is 4.68 Å². The molecule has 0 aliphatic rings. The Morgan fingerprint density at radius 1 is 1.53 bits per heavy atom. The van der Waals surface area contributed by atoms with Crippen molar-refractivity contribution in [3.8, 4) is 0 Å². The number of carbonyl (C=O) groups is 1. The zero-order valence-corrected chi connectivity index (χ0v) is 10.5. The maximum atomic E-state index is 11.6. The van der Waals surface area contributed by atoms with Crippen LogP contribution in [0.4, 0.5) is 0 Å². The molecule has 1 rings (SSSR count). The van der Waals surface area contributed by atoms with Crippen LogP contribution in [-0.4, -0.2) is 27.4 Å². The predicted molar refractivity (Wildman–Crippen MR) is 65.0 cm³/mol. The largest absolute Gasteiger partial charge is 0.354 e. The summed E-state index contributed by atoms with van der Waals surface area (Å²) in [6.07, 6.45) is 3.85. The minimum Gasteiger partial charge on any atom is -0.354 e. The van der Waals surface area contributed by atoms with Crippen LogP contribution in [0, 0.1) is 5.92 Å². The lowest BCUT2D eigenvalue weighted by atomic mass is 10.0. The highest BCUT2D eigenvalue weighted by Crippen LogP contribution is 2.04. The lowest BCUT2D eigenvalue weighted by molar-refractivity contribution is -0.122. The number of aromatic nitrogens is 3. The molecule has 1 amide bonds. The molecule has 1 aromatic rings. The summed E-state index contributed by atoms with van der Waals surface area (Å²) in [7, 11) is 0. The summed E-state index contributed by atoms with van der Waals surface area (Å²) in [6.45, 7) is 5.53. The molecule has 0 aromatic carbocycles. The third-order valence-corrected chi connectivity index (χ3v) is 2.84. The average molecular weight is 239 g/mol. The van der Waals surface area contributed by atoms with Crippen molar-refractivity contribution in [1.29, 1.82) is 0 Å². The van der Waals surface area contributed by atoms with Crippen LogP contribution in [0.1, 0.15) is 32.4 Å². The number of nitrogens with zero attached hydrogens (tertiary/aromatic N) is 3. The fraction of sp³-hybridized carbons (Fsp3) is 0.727. The summed E-state index contributed by atoms with van der Waals surface area (Å²) in [5, 5.41) is 10.5. The van der Waals surface area contributed by atoms with Crippen LogP contribution < -0.4 is 11.1 Å². The van der Waals surface area contributed by atoms with Crippen molar-refractivity contribution in [2.75, 3.05) is 6.54 Å². The standard InChI is InChI=1S/C11H21N5O/c1-3-9(4-2)6-13-11(17)8-16-7-10(5-12)14-15-16/h7,9H,3-6,8,12H2,1-2H3,(H,13,17). The van der Waals surface area contributed by atoms with E-state index in [0.717, 1.165) is 19.4 Å². The van der Waals surface area contributed by atoms with E-state index in [9.17, 15) is 4.79 Å². The number of hydrogen-bond acceptors (Lipinski definition) is 4. The van der Waals surface area contributed by atoms with Gasteiger partial charge in [-0.15, -0.1) is 5.10 Å². The van der Waals surface area contributed by atoms with E-state index in [1.165, 1.54) is 4.68 Å². The van der Waals surface area contributed by atoms with Crippen LogP contribution in [0.5, 0.6) is 0 Å². The number of carbonyl (C=O) groups excluding carboxylic acids is 1. The van der Waals surface area contributed by atoms with Crippen LogP contribution in [0.15, 0.2) is 6.20 Å². The van der Waals surface area contributed by atoms with Gasteiger partial charge in [-0.05, 0) is 5.92 Å². The molecule has 0 aliphatic carbocycles. The average Bonchev–Trinajstić information content (AvgIpc) is 2.78. The Balaban J connectivity index is 2.34. The molecule has 17 heavy (non-hydrogen) atoms. The van der Waals surface area contributed by atoms with Gasteiger partial charge in [-0.3, -0.25) is 4.79 Å². The normalized spacial score (nSPS) is 10.8. The minimum absolute atomic E-state index is 0.0367. The molecule has 0 radical (unpaired) electrons. The molecule has 0 spiro atoms. The molecular weight excluding hydrogens is 218 g/mol. The van der Waals surface area contributed by atoms with Gasteiger partial charge in [0.25, 0.3) is 0 Å². The molecule has 0 bridgehead atoms. The Morgan fingerprint density at radius 3 is 2.76 bits per heavy atom. The highest BCUT2D eigenvalue weighted by atomic mass is 16.2. The molecule has 96 valence electrons. The van der Waals surface area contributed by atoms with Gasteiger partial charge in [0.15, 0.2) is 0 Å². The van der Waals surface area contributed by atoms with Crippen molar-refractivity contribution in [2.24, 2.45) is 11.7 Å². The fourth-order valence-electron chi connectivity index (χ4n) is 1.55. The van der Waals surface area contributed by atoms with Gasteiger partial charge in [0.2, 0.25) is 5.91 Å². The SMILES string of the molecule is CCC(CC)CNC(=O)Cn1cc(CN)nn1. The van der Waals surface area contributed by atoms with Crippen LogP contribution >= 0.6 is 0 Å². The Morgan fingerprint density at radius 2 is 2.24 bits per heavy atom. The molecule has 0 atom stereocenters. The number of hydrogen-bond donors (Lipinski definition) is 2. The molecule has 0 unspecified atom stereocenters. The number of rotatable bonds is 7. The van der Waals surface area contributed by atoms with Gasteiger partial charge in [0, 0.05) is 13.1 Å². The van der Waals surface area contributed by atoms with E-state index < -0.39 is 0 Å². The molecular formula is C11H21N5O. The fourth-order valence-corrected chi connectivity index (χ4v) is 1.55. The molecule has 0 aliphatic heterocycles. The topological polar surface area (TPSA) is 85.8 Å². The maximum Gasteiger partial charge on any atom is 0.241 e. The van der Waals surface area contributed by atoms with E-state index in [2.05, 4.69) is 29.5 Å². The molecule has 0 saturated carbocycles. The van der Waals surface area contributed by atoms with Crippen molar-refractivity contribution >= 4 is 5.91 Å². The van der Waals surface area contributed by atoms with Gasteiger partial charge in [-0.1, -0.05) is 31.9 Å². The monoisotopic (exact) mass is 239 g/mol. The zero-order chi connectivity index (χ0) is 12.7.